The van der Waals surface area contributed by atoms with Gasteiger partial charge in [0.2, 0.25) is 0 Å². The summed E-state index contributed by atoms with van der Waals surface area (Å²) in [6, 6.07) is 8.77. The molecule has 0 radical (unpaired) electrons. The van der Waals surface area contributed by atoms with E-state index in [9.17, 15) is 0 Å². The van der Waals surface area contributed by atoms with Crippen molar-refractivity contribution in [1.82, 2.24) is 5.32 Å². The molecule has 0 heterocycles. The molecule has 0 fully saturated rings. The van der Waals surface area contributed by atoms with Gasteiger partial charge in [0.05, 0.1) is 6.61 Å². The molecule has 1 aromatic carbocycles. The Hall–Kier alpha value is -1.06. The normalized spacial score (nSPS) is 14.4. The molecule has 2 unspecified atom stereocenters. The Labute approximate surface area is 104 Å². The maximum Gasteiger partial charge on any atom is 0.119 e. The second-order valence-electron chi connectivity index (χ2n) is 4.55. The van der Waals surface area contributed by atoms with E-state index in [0.717, 1.165) is 12.4 Å². The molecule has 0 spiro atoms. The first-order valence-corrected chi connectivity index (χ1v) is 6.06. The van der Waals surface area contributed by atoms with E-state index in [1.165, 1.54) is 5.56 Å². The van der Waals surface area contributed by atoms with Gasteiger partial charge in [0.25, 0.3) is 0 Å². The molecular weight excluding hydrogens is 214 g/mol. The van der Waals surface area contributed by atoms with E-state index >= 15 is 0 Å². The average Bonchev–Trinajstić information content (AvgIpc) is 2.28. The second-order valence-corrected chi connectivity index (χ2v) is 4.55. The molecule has 3 nitrogen and oxygen atoms in total. The minimum absolute atomic E-state index is 0.307. The molecule has 3 heteroatoms. The smallest absolute Gasteiger partial charge is 0.119 e. The summed E-state index contributed by atoms with van der Waals surface area (Å²) in [6.07, 6.45) is 0. The zero-order valence-electron chi connectivity index (χ0n) is 11.2. The molecule has 0 amide bonds. The van der Waals surface area contributed by atoms with Crippen molar-refractivity contribution in [2.75, 3.05) is 20.3 Å². The lowest BCUT2D eigenvalue weighted by atomic mass is 10.2. The Bertz CT molecular complexity index is 311. The SMILES string of the molecule is COCC(C)NC(C)COc1ccc(C)cc1. The largest absolute Gasteiger partial charge is 0.492 e. The Morgan fingerprint density at radius 2 is 1.65 bits per heavy atom. The van der Waals surface area contributed by atoms with Crippen molar-refractivity contribution < 1.29 is 9.47 Å². The van der Waals surface area contributed by atoms with Gasteiger partial charge < -0.3 is 14.8 Å². The van der Waals surface area contributed by atoms with Crippen LogP contribution in [0.25, 0.3) is 0 Å². The maximum atomic E-state index is 5.70. The molecule has 17 heavy (non-hydrogen) atoms. The summed E-state index contributed by atoms with van der Waals surface area (Å²) in [5, 5.41) is 3.41. The number of hydrogen-bond acceptors (Lipinski definition) is 3. The third-order valence-corrected chi connectivity index (χ3v) is 2.51. The molecular formula is C14H23NO2. The Balaban J connectivity index is 2.27. The predicted molar refractivity (Wildman–Crippen MR) is 70.6 cm³/mol. The average molecular weight is 237 g/mol. The highest BCUT2D eigenvalue weighted by molar-refractivity contribution is 5.26. The van der Waals surface area contributed by atoms with Gasteiger partial charge in [0.1, 0.15) is 12.4 Å². The number of benzene rings is 1. The Morgan fingerprint density at radius 1 is 1.06 bits per heavy atom. The molecule has 0 aliphatic heterocycles. The summed E-state index contributed by atoms with van der Waals surface area (Å²) < 4.78 is 10.8. The highest BCUT2D eigenvalue weighted by atomic mass is 16.5. The first-order chi connectivity index (χ1) is 8.11. The van der Waals surface area contributed by atoms with Crippen LogP contribution in [0.5, 0.6) is 5.75 Å². The van der Waals surface area contributed by atoms with Gasteiger partial charge in [-0.2, -0.15) is 0 Å². The molecule has 1 rings (SSSR count). The molecule has 96 valence electrons. The summed E-state index contributed by atoms with van der Waals surface area (Å²) in [6.45, 7) is 7.67. The monoisotopic (exact) mass is 237 g/mol. The second kappa shape index (κ2) is 7.30. The van der Waals surface area contributed by atoms with Gasteiger partial charge >= 0.3 is 0 Å². The van der Waals surface area contributed by atoms with Gasteiger partial charge in [0, 0.05) is 19.2 Å². The van der Waals surface area contributed by atoms with Gasteiger partial charge in [-0.3, -0.25) is 0 Å². The van der Waals surface area contributed by atoms with Crippen molar-refractivity contribution in [2.24, 2.45) is 0 Å². The van der Waals surface area contributed by atoms with Crippen LogP contribution in [0, 0.1) is 6.92 Å². The molecule has 0 bridgehead atoms. The van der Waals surface area contributed by atoms with E-state index in [1.807, 2.05) is 12.1 Å². The molecule has 0 saturated heterocycles. The van der Waals surface area contributed by atoms with Crippen LogP contribution in [-0.2, 0) is 4.74 Å². The highest BCUT2D eigenvalue weighted by Crippen LogP contribution is 2.11. The highest BCUT2D eigenvalue weighted by Gasteiger charge is 2.07. The van der Waals surface area contributed by atoms with Crippen molar-refractivity contribution in [1.29, 1.82) is 0 Å². The first-order valence-electron chi connectivity index (χ1n) is 6.06. The zero-order chi connectivity index (χ0) is 12.7. The van der Waals surface area contributed by atoms with E-state index in [1.54, 1.807) is 7.11 Å². The molecule has 1 aromatic rings. The lowest BCUT2D eigenvalue weighted by molar-refractivity contribution is 0.160. The van der Waals surface area contributed by atoms with Crippen LogP contribution in [-0.4, -0.2) is 32.4 Å². The molecule has 1 N–H and O–H groups in total. The van der Waals surface area contributed by atoms with Crippen LogP contribution in [0.2, 0.25) is 0 Å². The van der Waals surface area contributed by atoms with Crippen molar-refractivity contribution in [2.45, 2.75) is 32.9 Å². The molecule has 0 saturated carbocycles. The maximum absolute atomic E-state index is 5.70. The Morgan fingerprint density at radius 3 is 2.24 bits per heavy atom. The van der Waals surface area contributed by atoms with E-state index in [0.29, 0.717) is 18.7 Å². The quantitative estimate of drug-likeness (QED) is 0.790. The van der Waals surface area contributed by atoms with E-state index in [-0.39, 0.29) is 0 Å². The van der Waals surface area contributed by atoms with Crippen molar-refractivity contribution in [3.63, 3.8) is 0 Å². The zero-order valence-corrected chi connectivity index (χ0v) is 11.2. The summed E-state index contributed by atoms with van der Waals surface area (Å²) in [4.78, 5) is 0. The number of hydrogen-bond donors (Lipinski definition) is 1. The van der Waals surface area contributed by atoms with Gasteiger partial charge in [0.15, 0.2) is 0 Å². The van der Waals surface area contributed by atoms with E-state index < -0.39 is 0 Å². The predicted octanol–water partition coefficient (Wildman–Crippen LogP) is 2.39. The van der Waals surface area contributed by atoms with Gasteiger partial charge in [-0.05, 0) is 32.9 Å². The van der Waals surface area contributed by atoms with Crippen LogP contribution in [0.1, 0.15) is 19.4 Å². The van der Waals surface area contributed by atoms with Crippen molar-refractivity contribution >= 4 is 0 Å². The van der Waals surface area contributed by atoms with Gasteiger partial charge in [-0.15, -0.1) is 0 Å². The van der Waals surface area contributed by atoms with Crippen LogP contribution < -0.4 is 10.1 Å². The van der Waals surface area contributed by atoms with Crippen LogP contribution in [0.15, 0.2) is 24.3 Å². The standard InChI is InChI=1S/C14H23NO2/c1-11-5-7-14(8-6-11)17-10-13(3)15-12(2)9-16-4/h5-8,12-13,15H,9-10H2,1-4H3. The summed E-state index contributed by atoms with van der Waals surface area (Å²) in [5.41, 5.74) is 1.25. The third kappa shape index (κ3) is 5.71. The minimum Gasteiger partial charge on any atom is -0.492 e. The lowest BCUT2D eigenvalue weighted by Gasteiger charge is -2.19. The van der Waals surface area contributed by atoms with Crippen LogP contribution in [0.3, 0.4) is 0 Å². The lowest BCUT2D eigenvalue weighted by Crippen LogP contribution is -2.40. The molecule has 0 aromatic heterocycles. The summed E-state index contributed by atoms with van der Waals surface area (Å²) >= 11 is 0. The van der Waals surface area contributed by atoms with Crippen LogP contribution >= 0.6 is 0 Å². The summed E-state index contributed by atoms with van der Waals surface area (Å²) in [5.74, 6) is 0.920. The van der Waals surface area contributed by atoms with Gasteiger partial charge in [-0.25, -0.2) is 0 Å². The van der Waals surface area contributed by atoms with Crippen molar-refractivity contribution in [3.05, 3.63) is 29.8 Å². The molecule has 0 aliphatic carbocycles. The topological polar surface area (TPSA) is 30.5 Å². The van der Waals surface area contributed by atoms with Crippen molar-refractivity contribution in [3.8, 4) is 5.75 Å². The number of nitrogens with one attached hydrogen (secondary N) is 1. The Kier molecular flexibility index (Phi) is 6.01. The van der Waals surface area contributed by atoms with Crippen LogP contribution in [0.4, 0.5) is 0 Å². The number of rotatable bonds is 7. The minimum atomic E-state index is 0.307. The van der Waals surface area contributed by atoms with E-state index in [4.69, 9.17) is 9.47 Å². The summed E-state index contributed by atoms with van der Waals surface area (Å²) in [7, 11) is 1.71. The number of methoxy groups -OCH3 is 1. The molecule has 2 atom stereocenters. The molecule has 0 aliphatic rings. The fourth-order valence-corrected chi connectivity index (χ4v) is 1.69. The fraction of sp³-hybridized carbons (Fsp3) is 0.571. The fourth-order valence-electron chi connectivity index (χ4n) is 1.69. The number of aryl methyl sites for hydroxylation is 1. The number of ether oxygens (including phenoxy) is 2. The van der Waals surface area contributed by atoms with Gasteiger partial charge in [-0.1, -0.05) is 17.7 Å². The first kappa shape index (κ1) is 14.0. The van der Waals surface area contributed by atoms with E-state index in [2.05, 4.69) is 38.2 Å². The third-order valence-electron chi connectivity index (χ3n) is 2.51.